The first-order valence-electron chi connectivity index (χ1n) is 0.868. The van der Waals surface area contributed by atoms with Gasteiger partial charge in [-0.2, -0.15) is 5.90 Å². The van der Waals surface area contributed by atoms with E-state index >= 15 is 0 Å². The second-order valence-electron chi connectivity index (χ2n) is 0.384. The summed E-state index contributed by atoms with van der Waals surface area (Å²) in [4.78, 5) is 7.56. The molecule has 6 heavy (non-hydrogen) atoms. The minimum absolute atomic E-state index is 0. The Kier molecular flexibility index (Phi) is 9.68. The summed E-state index contributed by atoms with van der Waals surface area (Å²) in [7, 11) is -2.85. The van der Waals surface area contributed by atoms with Gasteiger partial charge in [0.25, 0.3) is 0 Å². The molecule has 0 aromatic carbocycles. The zero-order chi connectivity index (χ0) is 4.28. The molecule has 0 aromatic heterocycles. The van der Waals surface area contributed by atoms with E-state index in [1.165, 1.54) is 0 Å². The minimum atomic E-state index is -2.85. The van der Waals surface area contributed by atoms with Crippen molar-refractivity contribution in [3.63, 3.8) is 0 Å². The Hall–Kier alpha value is 0.837. The van der Waals surface area contributed by atoms with Crippen LogP contribution in [0, 0.1) is 0 Å². The number of rotatable bonds is 1. The summed E-state index contributed by atoms with van der Waals surface area (Å²) < 4.78 is 12.6. The molecule has 0 bridgehead atoms. The number of nitrogens with two attached hydrogens (primary N) is 1. The summed E-state index contributed by atoms with van der Waals surface area (Å²) in [6, 6.07) is 0. The molecule has 6 heteroatoms. The quantitative estimate of drug-likeness (QED) is 0.326. The molecule has 0 fully saturated rings. The van der Waals surface area contributed by atoms with Crippen LogP contribution in [-0.4, -0.2) is 51.7 Å². The van der Waals surface area contributed by atoms with E-state index in [0.717, 1.165) is 0 Å². The Balaban J connectivity index is -0.0000000267. The van der Waals surface area contributed by atoms with Gasteiger partial charge >= 0.3 is 46.9 Å². The molecule has 0 rings (SSSR count). The molecule has 0 atom stereocenters. The number of hydrogen-bond donors (Lipinski definition) is 2. The molecular formula is H5CaNO3Si. The first-order chi connectivity index (χ1) is 2.27. The van der Waals surface area contributed by atoms with E-state index in [1.807, 2.05) is 0 Å². The Labute approximate surface area is 69.1 Å². The molecule has 0 saturated carbocycles. The van der Waals surface area contributed by atoms with Crippen LogP contribution >= 0.6 is 0 Å². The minimum Gasteiger partial charge on any atom is -1.00 e. The maximum Gasteiger partial charge on any atom is 2.00 e. The fraction of sp³-hybridized carbons (Fsp3) is 0. The van der Waals surface area contributed by atoms with Crippen molar-refractivity contribution in [2.24, 2.45) is 5.90 Å². The van der Waals surface area contributed by atoms with Gasteiger partial charge in [0.15, 0.2) is 0 Å². The van der Waals surface area contributed by atoms with Crippen molar-refractivity contribution in [2.45, 2.75) is 0 Å². The molecular weight excluding hydrogens is 130 g/mol. The van der Waals surface area contributed by atoms with Crippen molar-refractivity contribution in [1.82, 2.24) is 0 Å². The standard InChI is InChI=1S/Ca.H3NO3Si.2H/c;1-4-5(2)3;;/h;2H,1H2;;/q+2;;2*-1. The van der Waals surface area contributed by atoms with Crippen LogP contribution in [0.3, 0.4) is 0 Å². The molecule has 0 heterocycles. The summed E-state index contributed by atoms with van der Waals surface area (Å²) in [5.41, 5.74) is 0. The molecule has 0 amide bonds. The van der Waals surface area contributed by atoms with E-state index in [4.69, 9.17) is 4.80 Å². The largest absolute Gasteiger partial charge is 2.00 e. The molecule has 0 aliphatic rings. The SMILES string of the molecule is NO[Si](=O)O.[Ca+2].[H-].[H-]. The molecule has 4 nitrogen and oxygen atoms in total. The fourth-order valence-electron chi connectivity index (χ4n) is 0. The first kappa shape index (κ1) is 9.96. The second kappa shape index (κ2) is 5.84. The predicted octanol–water partition coefficient (Wildman–Crippen LogP) is -1.87. The first-order valence-corrected chi connectivity index (χ1v) is 2.13. The van der Waals surface area contributed by atoms with Gasteiger partial charge in [-0.05, 0) is 0 Å². The van der Waals surface area contributed by atoms with Crippen LogP contribution in [0.1, 0.15) is 2.85 Å². The smallest absolute Gasteiger partial charge is 1.00 e. The van der Waals surface area contributed by atoms with Crippen LogP contribution in [0.2, 0.25) is 0 Å². The van der Waals surface area contributed by atoms with Gasteiger partial charge in [-0.3, -0.25) is 4.46 Å². The van der Waals surface area contributed by atoms with Gasteiger partial charge in [0.2, 0.25) is 0 Å². The van der Waals surface area contributed by atoms with Crippen molar-refractivity contribution in [2.75, 3.05) is 0 Å². The third-order valence-electron chi connectivity index (χ3n) is 0.101. The van der Waals surface area contributed by atoms with Gasteiger partial charge in [-0.25, -0.2) is 0 Å². The third kappa shape index (κ3) is 8.85. The second-order valence-corrected chi connectivity index (χ2v) is 1.15. The molecule has 0 aromatic rings. The molecule has 0 spiro atoms. The van der Waals surface area contributed by atoms with Crippen LogP contribution in [-0.2, 0) is 8.99 Å². The van der Waals surface area contributed by atoms with Crippen molar-refractivity contribution < 1.29 is 16.6 Å². The zero-order valence-electron chi connectivity index (χ0n) is 5.05. The van der Waals surface area contributed by atoms with Gasteiger partial charge < -0.3 is 12.2 Å². The van der Waals surface area contributed by atoms with Crippen molar-refractivity contribution in [3.8, 4) is 0 Å². The summed E-state index contributed by atoms with van der Waals surface area (Å²) in [6.07, 6.45) is 0. The van der Waals surface area contributed by atoms with E-state index in [-0.39, 0.29) is 40.6 Å². The average molecular weight is 135 g/mol. The zero-order valence-corrected chi connectivity index (χ0v) is 6.26. The maximum absolute atomic E-state index is 9.21. The van der Waals surface area contributed by atoms with E-state index in [1.54, 1.807) is 0 Å². The van der Waals surface area contributed by atoms with Gasteiger partial charge in [-0.1, -0.05) is 0 Å². The Morgan fingerprint density at radius 2 is 2.17 bits per heavy atom. The van der Waals surface area contributed by atoms with Crippen LogP contribution in [0.5, 0.6) is 0 Å². The van der Waals surface area contributed by atoms with Crippen molar-refractivity contribution >= 4 is 46.9 Å². The van der Waals surface area contributed by atoms with Gasteiger partial charge in [-0.15, -0.1) is 0 Å². The van der Waals surface area contributed by atoms with Crippen molar-refractivity contribution in [1.29, 1.82) is 0 Å². The molecule has 34 valence electrons. The van der Waals surface area contributed by atoms with E-state index in [2.05, 4.69) is 10.4 Å². The van der Waals surface area contributed by atoms with Crippen LogP contribution in [0.25, 0.3) is 0 Å². The van der Waals surface area contributed by atoms with Crippen LogP contribution < -0.4 is 5.90 Å². The molecule has 0 unspecified atom stereocenters. The Morgan fingerprint density at radius 3 is 2.17 bits per heavy atom. The monoisotopic (exact) mass is 135 g/mol. The normalized spacial score (nSPS) is 5.50. The molecule has 0 aliphatic heterocycles. The van der Waals surface area contributed by atoms with Crippen LogP contribution in [0.4, 0.5) is 0 Å². The predicted molar refractivity (Wildman–Crippen MR) is 21.9 cm³/mol. The Bertz CT molecular complexity index is 52.5. The summed E-state index contributed by atoms with van der Waals surface area (Å²) in [5, 5.41) is 0. The molecule has 0 saturated heterocycles. The van der Waals surface area contributed by atoms with Gasteiger partial charge in [0.1, 0.15) is 0 Å². The van der Waals surface area contributed by atoms with E-state index < -0.39 is 9.17 Å². The van der Waals surface area contributed by atoms with Gasteiger partial charge in [0, 0.05) is 0 Å². The van der Waals surface area contributed by atoms with E-state index in [0.29, 0.717) is 0 Å². The van der Waals surface area contributed by atoms with Gasteiger partial charge in [0.05, 0.1) is 0 Å². The summed E-state index contributed by atoms with van der Waals surface area (Å²) >= 11 is 0. The van der Waals surface area contributed by atoms with Crippen molar-refractivity contribution in [3.05, 3.63) is 0 Å². The summed E-state index contributed by atoms with van der Waals surface area (Å²) in [5.74, 6) is 4.15. The van der Waals surface area contributed by atoms with E-state index in [9.17, 15) is 4.46 Å². The Morgan fingerprint density at radius 1 is 2.00 bits per heavy atom. The maximum atomic E-state index is 9.21. The fourth-order valence-corrected chi connectivity index (χ4v) is 0. The summed E-state index contributed by atoms with van der Waals surface area (Å²) in [6.45, 7) is 0. The average Bonchev–Trinajstić information content (AvgIpc) is 1.38. The van der Waals surface area contributed by atoms with Crippen LogP contribution in [0.15, 0.2) is 0 Å². The third-order valence-corrected chi connectivity index (χ3v) is 0.302. The number of hydrogen-bond acceptors (Lipinski definition) is 3. The molecule has 0 radical (unpaired) electrons. The molecule has 3 N–H and O–H groups in total. The topological polar surface area (TPSA) is 72.5 Å². The molecule has 0 aliphatic carbocycles.